The van der Waals surface area contributed by atoms with Crippen molar-refractivity contribution in [1.82, 2.24) is 15.2 Å². The van der Waals surface area contributed by atoms with Crippen molar-refractivity contribution in [2.24, 2.45) is 0 Å². The summed E-state index contributed by atoms with van der Waals surface area (Å²) in [5.74, 6) is -0.937. The number of carbonyl (C=O) groups is 2. The van der Waals surface area contributed by atoms with Crippen LogP contribution in [0.1, 0.15) is 37.7 Å². The molecule has 1 aliphatic carbocycles. The summed E-state index contributed by atoms with van der Waals surface area (Å²) in [6.45, 7) is 0.421. The van der Waals surface area contributed by atoms with Crippen LogP contribution in [0.25, 0.3) is 0 Å². The lowest BCUT2D eigenvalue weighted by molar-refractivity contribution is -0.145. The van der Waals surface area contributed by atoms with Gasteiger partial charge in [0.15, 0.2) is 0 Å². The third kappa shape index (κ3) is 3.71. The van der Waals surface area contributed by atoms with E-state index in [1.54, 1.807) is 19.4 Å². The molecule has 21 heavy (non-hydrogen) atoms. The van der Waals surface area contributed by atoms with Gasteiger partial charge in [-0.15, -0.1) is 0 Å². The minimum Gasteiger partial charge on any atom is -0.480 e. The molecule has 2 N–H and O–H groups in total. The van der Waals surface area contributed by atoms with E-state index >= 15 is 0 Å². The number of aromatic nitrogens is 1. The van der Waals surface area contributed by atoms with E-state index < -0.39 is 11.5 Å². The predicted octanol–water partition coefficient (Wildman–Crippen LogP) is 2.01. The van der Waals surface area contributed by atoms with E-state index in [1.807, 2.05) is 12.1 Å². The number of amides is 2. The molecular weight excluding hydrogens is 270 g/mol. The molecule has 0 saturated heterocycles. The van der Waals surface area contributed by atoms with Gasteiger partial charge in [0.25, 0.3) is 0 Å². The number of carbonyl (C=O) groups excluding carboxylic acids is 1. The Morgan fingerprint density at radius 2 is 1.90 bits per heavy atom. The Kier molecular flexibility index (Phi) is 4.77. The number of carboxylic acid groups (broad SMARTS) is 1. The zero-order chi connectivity index (χ0) is 15.3. The van der Waals surface area contributed by atoms with Gasteiger partial charge in [0.05, 0.1) is 0 Å². The molecule has 0 unspecified atom stereocenters. The zero-order valence-electron chi connectivity index (χ0n) is 12.2. The van der Waals surface area contributed by atoms with Crippen LogP contribution in [0.5, 0.6) is 0 Å². The van der Waals surface area contributed by atoms with Crippen molar-refractivity contribution in [1.29, 1.82) is 0 Å². The number of hydrogen-bond donors (Lipinski definition) is 2. The van der Waals surface area contributed by atoms with Crippen LogP contribution in [0, 0.1) is 0 Å². The summed E-state index contributed by atoms with van der Waals surface area (Å²) in [7, 11) is 1.66. The number of pyridine rings is 1. The number of aliphatic carboxylic acids is 1. The average molecular weight is 291 g/mol. The number of nitrogens with one attached hydrogen (secondary N) is 1. The molecule has 1 fully saturated rings. The number of carboxylic acids is 1. The van der Waals surface area contributed by atoms with Crippen molar-refractivity contribution < 1.29 is 14.7 Å². The summed E-state index contributed by atoms with van der Waals surface area (Å²) in [4.78, 5) is 29.2. The number of nitrogens with zero attached hydrogens (tertiary/aromatic N) is 2. The highest BCUT2D eigenvalue weighted by Gasteiger charge is 2.41. The average Bonchev–Trinajstić information content (AvgIpc) is 2.49. The van der Waals surface area contributed by atoms with Crippen molar-refractivity contribution in [2.45, 2.75) is 44.2 Å². The van der Waals surface area contributed by atoms with Crippen LogP contribution in [0.2, 0.25) is 0 Å². The van der Waals surface area contributed by atoms with Gasteiger partial charge in [-0.3, -0.25) is 4.98 Å². The highest BCUT2D eigenvalue weighted by Crippen LogP contribution is 2.28. The van der Waals surface area contributed by atoms with Gasteiger partial charge in [0, 0.05) is 26.0 Å². The van der Waals surface area contributed by atoms with Crippen LogP contribution < -0.4 is 5.32 Å². The first-order chi connectivity index (χ1) is 10.0. The maximum absolute atomic E-state index is 12.3. The van der Waals surface area contributed by atoms with E-state index in [2.05, 4.69) is 10.3 Å². The van der Waals surface area contributed by atoms with E-state index in [0.717, 1.165) is 24.8 Å². The molecule has 0 aromatic carbocycles. The molecule has 0 aliphatic heterocycles. The molecular formula is C15H21N3O3. The zero-order valence-corrected chi connectivity index (χ0v) is 12.2. The van der Waals surface area contributed by atoms with Gasteiger partial charge < -0.3 is 15.3 Å². The second-order valence-electron chi connectivity index (χ2n) is 5.59. The molecule has 0 radical (unpaired) electrons. The second-order valence-corrected chi connectivity index (χ2v) is 5.59. The lowest BCUT2D eigenvalue weighted by Gasteiger charge is -2.35. The fourth-order valence-electron chi connectivity index (χ4n) is 2.68. The largest absolute Gasteiger partial charge is 0.480 e. The van der Waals surface area contributed by atoms with Crippen LogP contribution in [0.3, 0.4) is 0 Å². The number of urea groups is 1. The minimum atomic E-state index is -1.11. The lowest BCUT2D eigenvalue weighted by atomic mass is 9.82. The first kappa shape index (κ1) is 15.3. The van der Waals surface area contributed by atoms with Crippen LogP contribution in [0.4, 0.5) is 4.79 Å². The molecule has 6 nitrogen and oxygen atoms in total. The topological polar surface area (TPSA) is 82.5 Å². The molecule has 0 spiro atoms. The molecule has 2 amide bonds. The van der Waals surface area contributed by atoms with E-state index in [0.29, 0.717) is 19.4 Å². The summed E-state index contributed by atoms with van der Waals surface area (Å²) >= 11 is 0. The molecule has 6 heteroatoms. The predicted molar refractivity (Wildman–Crippen MR) is 77.7 cm³/mol. The minimum absolute atomic E-state index is 0.351. The van der Waals surface area contributed by atoms with Crippen LogP contribution in [0.15, 0.2) is 24.5 Å². The molecule has 1 saturated carbocycles. The highest BCUT2D eigenvalue weighted by molar-refractivity contribution is 5.86. The van der Waals surface area contributed by atoms with Crippen molar-refractivity contribution in [3.8, 4) is 0 Å². The molecule has 0 atom stereocenters. The Balaban J connectivity index is 2.00. The summed E-state index contributed by atoms with van der Waals surface area (Å²) < 4.78 is 0. The first-order valence-electron chi connectivity index (χ1n) is 7.19. The quantitative estimate of drug-likeness (QED) is 0.889. The smallest absolute Gasteiger partial charge is 0.329 e. The van der Waals surface area contributed by atoms with Crippen LogP contribution in [-0.4, -0.2) is 39.6 Å². The maximum Gasteiger partial charge on any atom is 0.329 e. The van der Waals surface area contributed by atoms with E-state index in [4.69, 9.17) is 0 Å². The van der Waals surface area contributed by atoms with Crippen LogP contribution in [-0.2, 0) is 11.3 Å². The molecule has 1 aliphatic rings. The molecule has 0 bridgehead atoms. The summed E-state index contributed by atoms with van der Waals surface area (Å²) in [6, 6.07) is 3.31. The first-order valence-corrected chi connectivity index (χ1v) is 7.19. The SMILES string of the molecule is CN(Cc1ccncc1)C(=O)NC1(C(=O)O)CCCCC1. The van der Waals surface area contributed by atoms with Crippen molar-refractivity contribution in [3.05, 3.63) is 30.1 Å². The van der Waals surface area contributed by atoms with Gasteiger partial charge in [-0.25, -0.2) is 9.59 Å². The Bertz CT molecular complexity index is 498. The Labute approximate surface area is 124 Å². The van der Waals surface area contributed by atoms with Gasteiger partial charge in [-0.05, 0) is 30.5 Å². The third-order valence-corrected chi connectivity index (χ3v) is 3.98. The molecule has 114 valence electrons. The van der Waals surface area contributed by atoms with E-state index in [9.17, 15) is 14.7 Å². The van der Waals surface area contributed by atoms with Gasteiger partial charge in [0.2, 0.25) is 0 Å². The standard InChI is InChI=1S/C15H21N3O3/c1-18(11-12-5-9-16-10-6-12)14(21)17-15(13(19)20)7-3-2-4-8-15/h5-6,9-10H,2-4,7-8,11H2,1H3,(H,17,21)(H,19,20). The summed E-state index contributed by atoms with van der Waals surface area (Å²) in [6.07, 6.45) is 7.02. The van der Waals surface area contributed by atoms with Gasteiger partial charge in [-0.2, -0.15) is 0 Å². The Morgan fingerprint density at radius 3 is 2.48 bits per heavy atom. The van der Waals surface area contributed by atoms with Crippen molar-refractivity contribution in [3.63, 3.8) is 0 Å². The van der Waals surface area contributed by atoms with Gasteiger partial charge in [-0.1, -0.05) is 19.3 Å². The number of hydrogen-bond acceptors (Lipinski definition) is 3. The van der Waals surface area contributed by atoms with E-state index in [1.165, 1.54) is 4.90 Å². The summed E-state index contributed by atoms with van der Waals surface area (Å²) in [5.41, 5.74) is -0.155. The Morgan fingerprint density at radius 1 is 1.29 bits per heavy atom. The Hall–Kier alpha value is -2.11. The van der Waals surface area contributed by atoms with Crippen LogP contribution >= 0.6 is 0 Å². The normalized spacial score (nSPS) is 17.0. The molecule has 1 aromatic heterocycles. The van der Waals surface area contributed by atoms with Gasteiger partial charge in [0.1, 0.15) is 5.54 Å². The van der Waals surface area contributed by atoms with Crippen molar-refractivity contribution >= 4 is 12.0 Å². The highest BCUT2D eigenvalue weighted by atomic mass is 16.4. The molecule has 1 heterocycles. The molecule has 1 aromatic rings. The monoisotopic (exact) mass is 291 g/mol. The molecule has 2 rings (SSSR count). The number of rotatable bonds is 4. The fraction of sp³-hybridized carbons (Fsp3) is 0.533. The van der Waals surface area contributed by atoms with Crippen molar-refractivity contribution in [2.75, 3.05) is 7.05 Å². The fourth-order valence-corrected chi connectivity index (χ4v) is 2.68. The van der Waals surface area contributed by atoms with E-state index in [-0.39, 0.29) is 6.03 Å². The maximum atomic E-state index is 12.3. The lowest BCUT2D eigenvalue weighted by Crippen LogP contribution is -2.58. The second kappa shape index (κ2) is 6.56. The third-order valence-electron chi connectivity index (χ3n) is 3.98. The van der Waals surface area contributed by atoms with Gasteiger partial charge >= 0.3 is 12.0 Å². The summed E-state index contributed by atoms with van der Waals surface area (Å²) in [5, 5.41) is 12.2.